The maximum atomic E-state index is 14.6. The van der Waals surface area contributed by atoms with Gasteiger partial charge in [-0.1, -0.05) is 17.7 Å². The van der Waals surface area contributed by atoms with Crippen molar-refractivity contribution >= 4 is 34.1 Å². The van der Waals surface area contributed by atoms with Gasteiger partial charge in [-0.25, -0.2) is 14.4 Å². The number of aromatic amines is 1. The lowest BCUT2D eigenvalue weighted by Crippen LogP contribution is -2.44. The number of aromatic nitrogens is 3. The Bertz CT molecular complexity index is 1420. The summed E-state index contributed by atoms with van der Waals surface area (Å²) in [6, 6.07) is 11.0. The molecule has 0 saturated carbocycles. The first-order valence-corrected chi connectivity index (χ1v) is 13.3. The predicted molar refractivity (Wildman–Crippen MR) is 149 cm³/mol. The largest absolute Gasteiger partial charge is 0.370 e. The normalized spacial score (nSPS) is 17.1. The van der Waals surface area contributed by atoms with E-state index >= 15 is 0 Å². The smallest absolute Gasteiger partial charge is 0.144 e. The second-order valence-corrected chi connectivity index (χ2v) is 10.5. The highest BCUT2D eigenvalue weighted by Gasteiger charge is 2.29. The Morgan fingerprint density at radius 2 is 1.81 bits per heavy atom. The van der Waals surface area contributed by atoms with Crippen molar-refractivity contribution in [2.75, 3.05) is 49.1 Å². The monoisotopic (exact) mass is 519 g/mol. The number of rotatable bonds is 4. The van der Waals surface area contributed by atoms with Crippen LogP contribution in [0.3, 0.4) is 0 Å². The number of imidazole rings is 1. The summed E-state index contributed by atoms with van der Waals surface area (Å²) in [7, 11) is 0. The lowest BCUT2D eigenvalue weighted by atomic mass is 9.96. The SMILES string of the molecule is Cc1cc(F)cc(-c2cnc(N3CCNCC3)c(-c3nc4cc(Cl)ccc4[nH]3)c2N2CCC(N)CC2)c1. The standard InChI is InChI=1S/C28H31ClFN7/c1-17-12-18(14-20(30)13-17)22-16-33-28(37-10-6-32-7-11-37)25(26(22)36-8-4-21(31)5-9-36)27-34-23-3-2-19(29)15-24(23)35-27/h2-3,12-16,21,32H,4-11,31H2,1H3,(H,34,35). The third kappa shape index (κ3) is 4.77. The molecule has 0 radical (unpaired) electrons. The van der Waals surface area contributed by atoms with Gasteiger partial charge in [0.25, 0.3) is 0 Å². The fraction of sp³-hybridized carbons (Fsp3) is 0.357. The minimum atomic E-state index is -0.257. The van der Waals surface area contributed by atoms with E-state index in [9.17, 15) is 4.39 Å². The molecule has 0 aliphatic carbocycles. The maximum absolute atomic E-state index is 14.6. The highest BCUT2D eigenvalue weighted by atomic mass is 35.5. The number of halogens is 2. The van der Waals surface area contributed by atoms with Gasteiger partial charge in [-0.2, -0.15) is 0 Å². The van der Waals surface area contributed by atoms with Crippen LogP contribution >= 0.6 is 11.6 Å². The first-order valence-electron chi connectivity index (χ1n) is 12.9. The molecule has 4 aromatic rings. The van der Waals surface area contributed by atoms with Gasteiger partial charge in [0, 0.05) is 62.1 Å². The number of nitrogens with two attached hydrogens (primary N) is 1. The van der Waals surface area contributed by atoms with E-state index in [1.807, 2.05) is 37.4 Å². The third-order valence-electron chi connectivity index (χ3n) is 7.34. The van der Waals surface area contributed by atoms with Crippen molar-refractivity contribution in [3.63, 3.8) is 0 Å². The fourth-order valence-corrected chi connectivity index (χ4v) is 5.64. The van der Waals surface area contributed by atoms with E-state index in [1.54, 1.807) is 12.1 Å². The van der Waals surface area contributed by atoms with Crippen LogP contribution in [0.4, 0.5) is 15.9 Å². The van der Waals surface area contributed by atoms with Crippen LogP contribution in [0, 0.1) is 12.7 Å². The Labute approximate surface area is 220 Å². The van der Waals surface area contributed by atoms with E-state index in [4.69, 9.17) is 27.3 Å². The first kappa shape index (κ1) is 24.2. The number of piperazine rings is 1. The molecular weight excluding hydrogens is 489 g/mol. The second-order valence-electron chi connectivity index (χ2n) is 10.0. The molecule has 2 aromatic carbocycles. The molecule has 0 bridgehead atoms. The lowest BCUT2D eigenvalue weighted by Gasteiger charge is -2.37. The van der Waals surface area contributed by atoms with Crippen LogP contribution in [0.5, 0.6) is 0 Å². The molecule has 2 fully saturated rings. The van der Waals surface area contributed by atoms with E-state index in [2.05, 4.69) is 20.1 Å². The average Bonchev–Trinajstić information content (AvgIpc) is 3.31. The molecule has 37 heavy (non-hydrogen) atoms. The number of benzene rings is 2. The molecule has 2 saturated heterocycles. The van der Waals surface area contributed by atoms with Gasteiger partial charge in [-0.3, -0.25) is 0 Å². The summed E-state index contributed by atoms with van der Waals surface area (Å²) in [6.07, 6.45) is 3.68. The minimum absolute atomic E-state index is 0.183. The number of nitrogens with one attached hydrogen (secondary N) is 2. The van der Waals surface area contributed by atoms with Crippen LogP contribution < -0.4 is 20.9 Å². The number of pyridine rings is 1. The van der Waals surface area contributed by atoms with Gasteiger partial charge < -0.3 is 25.8 Å². The number of piperidine rings is 1. The van der Waals surface area contributed by atoms with E-state index in [1.165, 1.54) is 0 Å². The Hall–Kier alpha value is -3.20. The van der Waals surface area contributed by atoms with E-state index in [0.29, 0.717) is 5.02 Å². The highest BCUT2D eigenvalue weighted by molar-refractivity contribution is 6.31. The highest BCUT2D eigenvalue weighted by Crippen LogP contribution is 2.45. The molecule has 6 rings (SSSR count). The zero-order valence-corrected chi connectivity index (χ0v) is 21.7. The zero-order chi connectivity index (χ0) is 25.5. The van der Waals surface area contributed by atoms with Crippen LogP contribution in [-0.4, -0.2) is 60.3 Å². The molecule has 7 nitrogen and oxygen atoms in total. The van der Waals surface area contributed by atoms with Crippen LogP contribution in [0.15, 0.2) is 42.6 Å². The second kappa shape index (κ2) is 9.93. The third-order valence-corrected chi connectivity index (χ3v) is 7.57. The fourth-order valence-electron chi connectivity index (χ4n) is 5.48. The summed E-state index contributed by atoms with van der Waals surface area (Å²) in [5, 5.41) is 4.07. The van der Waals surface area contributed by atoms with Gasteiger partial charge in [-0.15, -0.1) is 0 Å². The number of nitrogens with zero attached hydrogens (tertiary/aromatic N) is 4. The summed E-state index contributed by atoms with van der Waals surface area (Å²) in [5.74, 6) is 1.36. The molecule has 2 aromatic heterocycles. The Kier molecular flexibility index (Phi) is 6.48. The Balaban J connectivity index is 1.63. The molecule has 4 N–H and O–H groups in total. The molecular formula is C28H31ClFN7. The molecule has 192 valence electrons. The summed E-state index contributed by atoms with van der Waals surface area (Å²) in [6.45, 7) is 6.99. The van der Waals surface area contributed by atoms with Crippen molar-refractivity contribution < 1.29 is 4.39 Å². The number of anilines is 2. The molecule has 0 unspecified atom stereocenters. The van der Waals surface area contributed by atoms with Crippen LogP contribution in [0.2, 0.25) is 5.02 Å². The van der Waals surface area contributed by atoms with Gasteiger partial charge in [0.2, 0.25) is 0 Å². The maximum Gasteiger partial charge on any atom is 0.144 e. The summed E-state index contributed by atoms with van der Waals surface area (Å²) in [4.78, 5) is 18.2. The van der Waals surface area contributed by atoms with Crippen molar-refractivity contribution in [1.82, 2.24) is 20.3 Å². The van der Waals surface area contributed by atoms with Crippen LogP contribution in [0.25, 0.3) is 33.5 Å². The molecule has 2 aliphatic rings. The molecule has 0 atom stereocenters. The Morgan fingerprint density at radius 1 is 1.03 bits per heavy atom. The average molecular weight is 520 g/mol. The predicted octanol–water partition coefficient (Wildman–Crippen LogP) is 4.73. The summed E-state index contributed by atoms with van der Waals surface area (Å²) < 4.78 is 14.6. The molecule has 0 amide bonds. The van der Waals surface area contributed by atoms with Gasteiger partial charge in [0.05, 0.1) is 22.3 Å². The first-order chi connectivity index (χ1) is 18.0. The number of hydrogen-bond donors (Lipinski definition) is 3. The van der Waals surface area contributed by atoms with Gasteiger partial charge >= 0.3 is 0 Å². The van der Waals surface area contributed by atoms with Crippen LogP contribution in [0.1, 0.15) is 18.4 Å². The van der Waals surface area contributed by atoms with Crippen molar-refractivity contribution in [1.29, 1.82) is 0 Å². The zero-order valence-electron chi connectivity index (χ0n) is 20.9. The quantitative estimate of drug-likeness (QED) is 0.361. The summed E-state index contributed by atoms with van der Waals surface area (Å²) in [5.41, 5.74) is 12.5. The van der Waals surface area contributed by atoms with Crippen molar-refractivity contribution in [3.8, 4) is 22.5 Å². The van der Waals surface area contributed by atoms with Crippen molar-refractivity contribution in [2.45, 2.75) is 25.8 Å². The Morgan fingerprint density at radius 3 is 2.57 bits per heavy atom. The van der Waals surface area contributed by atoms with Gasteiger partial charge in [0.1, 0.15) is 17.5 Å². The topological polar surface area (TPSA) is 86.1 Å². The van der Waals surface area contributed by atoms with Crippen molar-refractivity contribution in [2.24, 2.45) is 5.73 Å². The molecule has 2 aliphatic heterocycles. The molecule has 0 spiro atoms. The molecule has 9 heteroatoms. The number of hydrogen-bond acceptors (Lipinski definition) is 6. The number of aryl methyl sites for hydroxylation is 1. The minimum Gasteiger partial charge on any atom is -0.370 e. The van der Waals surface area contributed by atoms with E-state index in [-0.39, 0.29) is 11.9 Å². The number of fused-ring (bicyclic) bond motifs is 1. The van der Waals surface area contributed by atoms with Gasteiger partial charge in [0.15, 0.2) is 0 Å². The van der Waals surface area contributed by atoms with Gasteiger partial charge in [-0.05, 0) is 61.2 Å². The van der Waals surface area contributed by atoms with E-state index in [0.717, 1.165) is 103 Å². The lowest BCUT2D eigenvalue weighted by molar-refractivity contribution is 0.501. The van der Waals surface area contributed by atoms with Crippen LogP contribution in [-0.2, 0) is 0 Å². The van der Waals surface area contributed by atoms with Crippen molar-refractivity contribution in [3.05, 3.63) is 59.0 Å². The molecule has 4 heterocycles. The summed E-state index contributed by atoms with van der Waals surface area (Å²) >= 11 is 6.29. The number of H-pyrrole nitrogens is 1. The van der Waals surface area contributed by atoms with E-state index < -0.39 is 0 Å².